The molecule has 2 aromatic heterocycles. The first kappa shape index (κ1) is 18.6. The molecule has 0 radical (unpaired) electrons. The topological polar surface area (TPSA) is 86.2 Å². The standard InChI is InChI=1S/C19H17ClN4O3/c1-3-26-16-8-6-14(20)17(24-16)18(25)23-15-7-5-13(11-12(15)2)27-19-21-9-4-10-22-19/h4-11H,3H2,1-2H3,(H,23,25). The molecule has 0 aliphatic rings. The minimum Gasteiger partial charge on any atom is -0.478 e. The molecule has 8 heteroatoms. The van der Waals surface area contributed by atoms with Crippen LogP contribution in [-0.4, -0.2) is 27.5 Å². The molecule has 3 aromatic rings. The summed E-state index contributed by atoms with van der Waals surface area (Å²) in [6, 6.07) is 10.4. The number of carbonyl (C=O) groups is 1. The summed E-state index contributed by atoms with van der Waals surface area (Å²) in [6.07, 6.45) is 3.19. The third-order valence-electron chi connectivity index (χ3n) is 3.53. The minimum absolute atomic E-state index is 0.0972. The van der Waals surface area contributed by atoms with E-state index in [1.54, 1.807) is 48.8 Å². The highest BCUT2D eigenvalue weighted by Gasteiger charge is 2.15. The van der Waals surface area contributed by atoms with Crippen LogP contribution < -0.4 is 14.8 Å². The van der Waals surface area contributed by atoms with Crippen molar-refractivity contribution in [1.82, 2.24) is 15.0 Å². The van der Waals surface area contributed by atoms with Gasteiger partial charge in [-0.05, 0) is 49.7 Å². The smallest absolute Gasteiger partial charge is 0.321 e. The van der Waals surface area contributed by atoms with Crippen molar-refractivity contribution in [2.75, 3.05) is 11.9 Å². The fourth-order valence-corrected chi connectivity index (χ4v) is 2.47. The van der Waals surface area contributed by atoms with E-state index in [0.717, 1.165) is 5.56 Å². The number of aromatic nitrogens is 3. The van der Waals surface area contributed by atoms with Gasteiger partial charge in [-0.25, -0.2) is 15.0 Å². The summed E-state index contributed by atoms with van der Waals surface area (Å²) in [6.45, 7) is 4.13. The maximum Gasteiger partial charge on any atom is 0.321 e. The van der Waals surface area contributed by atoms with E-state index in [2.05, 4.69) is 20.3 Å². The summed E-state index contributed by atoms with van der Waals surface area (Å²) in [5.74, 6) is 0.478. The second kappa shape index (κ2) is 8.46. The van der Waals surface area contributed by atoms with Crippen molar-refractivity contribution in [3.63, 3.8) is 0 Å². The van der Waals surface area contributed by atoms with Crippen LogP contribution >= 0.6 is 11.6 Å². The van der Waals surface area contributed by atoms with E-state index in [1.165, 1.54) is 0 Å². The lowest BCUT2D eigenvalue weighted by molar-refractivity contribution is 0.102. The zero-order valence-electron chi connectivity index (χ0n) is 14.8. The number of amides is 1. The maximum atomic E-state index is 12.6. The van der Waals surface area contributed by atoms with Crippen molar-refractivity contribution in [1.29, 1.82) is 0 Å². The molecule has 0 bridgehead atoms. The minimum atomic E-state index is -0.426. The van der Waals surface area contributed by atoms with Crippen molar-refractivity contribution < 1.29 is 14.3 Å². The molecule has 0 saturated carbocycles. The molecule has 7 nitrogen and oxygen atoms in total. The molecule has 0 aliphatic carbocycles. The molecule has 0 atom stereocenters. The van der Waals surface area contributed by atoms with Crippen molar-refractivity contribution in [3.8, 4) is 17.6 Å². The van der Waals surface area contributed by atoms with E-state index in [0.29, 0.717) is 23.9 Å². The summed E-state index contributed by atoms with van der Waals surface area (Å²) in [4.78, 5) is 24.7. The molecule has 0 aliphatic heterocycles. The Morgan fingerprint density at radius 1 is 1.19 bits per heavy atom. The Hall–Kier alpha value is -3.19. The van der Waals surface area contributed by atoms with Crippen molar-refractivity contribution >= 4 is 23.2 Å². The number of hydrogen-bond acceptors (Lipinski definition) is 6. The molecule has 0 spiro atoms. The predicted octanol–water partition coefficient (Wildman–Crippen LogP) is 4.28. The number of pyridine rings is 1. The van der Waals surface area contributed by atoms with Crippen LogP contribution in [0.25, 0.3) is 0 Å². The monoisotopic (exact) mass is 384 g/mol. The highest BCUT2D eigenvalue weighted by Crippen LogP contribution is 2.25. The number of rotatable bonds is 6. The van der Waals surface area contributed by atoms with Gasteiger partial charge in [0.15, 0.2) is 5.69 Å². The highest BCUT2D eigenvalue weighted by atomic mass is 35.5. The molecular weight excluding hydrogens is 368 g/mol. The summed E-state index contributed by atoms with van der Waals surface area (Å²) in [5.41, 5.74) is 1.51. The largest absolute Gasteiger partial charge is 0.478 e. The van der Waals surface area contributed by atoms with Gasteiger partial charge in [0.05, 0.1) is 11.6 Å². The maximum absolute atomic E-state index is 12.6. The van der Waals surface area contributed by atoms with Gasteiger partial charge in [0, 0.05) is 24.1 Å². The number of halogens is 1. The molecule has 138 valence electrons. The average molecular weight is 385 g/mol. The molecule has 0 unspecified atom stereocenters. The van der Waals surface area contributed by atoms with Crippen molar-refractivity contribution in [2.24, 2.45) is 0 Å². The number of hydrogen-bond donors (Lipinski definition) is 1. The van der Waals surface area contributed by atoms with Crippen molar-refractivity contribution in [3.05, 3.63) is 65.1 Å². The molecule has 0 saturated heterocycles. The fraction of sp³-hybridized carbons (Fsp3) is 0.158. The van der Waals surface area contributed by atoms with Gasteiger partial charge in [0.25, 0.3) is 5.91 Å². The van der Waals surface area contributed by atoms with Gasteiger partial charge in [-0.3, -0.25) is 4.79 Å². The third-order valence-corrected chi connectivity index (χ3v) is 3.83. The van der Waals surface area contributed by atoms with E-state index in [1.807, 2.05) is 13.8 Å². The quantitative estimate of drug-likeness (QED) is 0.682. The molecule has 1 amide bonds. The third kappa shape index (κ3) is 4.71. The van der Waals surface area contributed by atoms with Gasteiger partial charge in [0.1, 0.15) is 5.75 Å². The van der Waals surface area contributed by atoms with E-state index in [9.17, 15) is 4.79 Å². The number of carbonyl (C=O) groups excluding carboxylic acids is 1. The summed E-state index contributed by atoms with van der Waals surface area (Å²) >= 11 is 6.10. The second-order valence-corrected chi connectivity index (χ2v) is 5.88. The number of ether oxygens (including phenoxy) is 2. The lowest BCUT2D eigenvalue weighted by Crippen LogP contribution is -2.15. The number of anilines is 1. The van der Waals surface area contributed by atoms with E-state index >= 15 is 0 Å². The highest BCUT2D eigenvalue weighted by molar-refractivity contribution is 6.34. The molecule has 0 fully saturated rings. The van der Waals surface area contributed by atoms with Crippen LogP contribution in [0.4, 0.5) is 5.69 Å². The van der Waals surface area contributed by atoms with Gasteiger partial charge >= 0.3 is 6.01 Å². The van der Waals surface area contributed by atoms with Gasteiger partial charge in [0.2, 0.25) is 5.88 Å². The molecule has 2 heterocycles. The number of nitrogens with zero attached hydrogens (tertiary/aromatic N) is 3. The Bertz CT molecular complexity index is 951. The Morgan fingerprint density at radius 2 is 1.96 bits per heavy atom. The molecule has 1 N–H and O–H groups in total. The van der Waals surface area contributed by atoms with Gasteiger partial charge < -0.3 is 14.8 Å². The molecule has 3 rings (SSSR count). The molecular formula is C19H17ClN4O3. The lowest BCUT2D eigenvalue weighted by Gasteiger charge is -2.11. The Labute approximate surface area is 161 Å². The van der Waals surface area contributed by atoms with Crippen LogP contribution in [-0.2, 0) is 0 Å². The molecule has 27 heavy (non-hydrogen) atoms. The first-order chi connectivity index (χ1) is 13.1. The van der Waals surface area contributed by atoms with E-state index < -0.39 is 5.91 Å². The summed E-state index contributed by atoms with van der Waals surface area (Å²) < 4.78 is 10.9. The van der Waals surface area contributed by atoms with Crippen LogP contribution in [0.15, 0.2) is 48.8 Å². The van der Waals surface area contributed by atoms with Crippen LogP contribution in [0.1, 0.15) is 23.0 Å². The number of benzene rings is 1. The summed E-state index contributed by atoms with van der Waals surface area (Å²) in [5, 5.41) is 3.04. The second-order valence-electron chi connectivity index (χ2n) is 5.48. The zero-order valence-corrected chi connectivity index (χ0v) is 15.5. The normalized spacial score (nSPS) is 10.3. The van der Waals surface area contributed by atoms with Crippen LogP contribution in [0.5, 0.6) is 17.6 Å². The predicted molar refractivity (Wildman–Crippen MR) is 102 cm³/mol. The molecule has 1 aromatic carbocycles. The summed E-state index contributed by atoms with van der Waals surface area (Å²) in [7, 11) is 0. The lowest BCUT2D eigenvalue weighted by atomic mass is 10.2. The average Bonchev–Trinajstić information content (AvgIpc) is 2.66. The van der Waals surface area contributed by atoms with Gasteiger partial charge in [-0.1, -0.05) is 11.6 Å². The number of aryl methyl sites for hydroxylation is 1. The van der Waals surface area contributed by atoms with Crippen LogP contribution in [0, 0.1) is 6.92 Å². The Morgan fingerprint density at radius 3 is 2.67 bits per heavy atom. The van der Waals surface area contributed by atoms with E-state index in [4.69, 9.17) is 21.1 Å². The zero-order chi connectivity index (χ0) is 19.2. The van der Waals surface area contributed by atoms with Crippen LogP contribution in [0.3, 0.4) is 0 Å². The first-order valence-corrected chi connectivity index (χ1v) is 8.61. The Balaban J connectivity index is 1.76. The number of nitrogens with one attached hydrogen (secondary N) is 1. The first-order valence-electron chi connectivity index (χ1n) is 8.23. The van der Waals surface area contributed by atoms with Gasteiger partial charge in [-0.15, -0.1) is 0 Å². The SMILES string of the molecule is CCOc1ccc(Cl)c(C(=O)Nc2ccc(Oc3ncccn3)cc2C)n1. The van der Waals surface area contributed by atoms with Gasteiger partial charge in [-0.2, -0.15) is 0 Å². The Kier molecular flexibility index (Phi) is 5.83. The van der Waals surface area contributed by atoms with E-state index in [-0.39, 0.29) is 16.7 Å². The fourth-order valence-electron chi connectivity index (χ4n) is 2.28. The van der Waals surface area contributed by atoms with Crippen molar-refractivity contribution in [2.45, 2.75) is 13.8 Å². The van der Waals surface area contributed by atoms with Crippen LogP contribution in [0.2, 0.25) is 5.02 Å².